The highest BCUT2D eigenvalue weighted by Gasteiger charge is 2.18. The second-order valence-corrected chi connectivity index (χ2v) is 6.58. The molecule has 4 nitrogen and oxygen atoms in total. The molecule has 7 heteroatoms. The van der Waals surface area contributed by atoms with Gasteiger partial charge in [-0.2, -0.15) is 0 Å². The highest BCUT2D eigenvalue weighted by molar-refractivity contribution is 14.1. The van der Waals surface area contributed by atoms with E-state index in [1.165, 1.54) is 0 Å². The minimum absolute atomic E-state index is 0.126. The topological polar surface area (TPSA) is 72.2 Å². The Kier molecular flexibility index (Phi) is 3.95. The molecule has 2 aromatic rings. The van der Waals surface area contributed by atoms with Gasteiger partial charge in [-0.05, 0) is 52.9 Å². The zero-order chi connectivity index (χ0) is 14.0. The standard InChI is InChI=1S/C12H10FIN2O2S/c13-8-5-6-12(10(15)7-8)19(17,18)16-11-4-2-1-3-9(11)14/h1-7,16H,15H2. The van der Waals surface area contributed by atoms with E-state index in [2.05, 4.69) is 4.72 Å². The number of nitrogens with two attached hydrogens (primary N) is 1. The SMILES string of the molecule is Nc1cc(F)ccc1S(=O)(=O)Nc1ccccc1I. The Morgan fingerprint density at radius 1 is 1.16 bits per heavy atom. The summed E-state index contributed by atoms with van der Waals surface area (Å²) >= 11 is 2.02. The van der Waals surface area contributed by atoms with Crippen LogP contribution in [0.15, 0.2) is 47.4 Å². The maximum atomic E-state index is 12.9. The lowest BCUT2D eigenvalue weighted by Gasteiger charge is -2.11. The molecule has 0 unspecified atom stereocenters. The largest absolute Gasteiger partial charge is 0.398 e. The normalized spacial score (nSPS) is 11.3. The van der Waals surface area contributed by atoms with Crippen LogP contribution in [0.5, 0.6) is 0 Å². The fourth-order valence-electron chi connectivity index (χ4n) is 1.51. The van der Waals surface area contributed by atoms with Gasteiger partial charge in [-0.1, -0.05) is 12.1 Å². The van der Waals surface area contributed by atoms with Crippen molar-refractivity contribution in [3.63, 3.8) is 0 Å². The van der Waals surface area contributed by atoms with E-state index >= 15 is 0 Å². The molecule has 0 heterocycles. The fraction of sp³-hybridized carbons (Fsp3) is 0. The van der Waals surface area contributed by atoms with Crippen molar-refractivity contribution in [3.8, 4) is 0 Å². The Labute approximate surface area is 124 Å². The van der Waals surface area contributed by atoms with E-state index in [0.717, 1.165) is 21.8 Å². The lowest BCUT2D eigenvalue weighted by Crippen LogP contribution is -2.15. The highest BCUT2D eigenvalue weighted by atomic mass is 127. The molecule has 0 fully saturated rings. The van der Waals surface area contributed by atoms with Crippen molar-refractivity contribution >= 4 is 44.0 Å². The second kappa shape index (κ2) is 5.33. The number of nitrogen functional groups attached to an aromatic ring is 1. The molecule has 0 aliphatic rings. The summed E-state index contributed by atoms with van der Waals surface area (Å²) in [6.07, 6.45) is 0. The van der Waals surface area contributed by atoms with Crippen molar-refractivity contribution in [1.29, 1.82) is 0 Å². The predicted molar refractivity (Wildman–Crippen MR) is 80.8 cm³/mol. The summed E-state index contributed by atoms with van der Waals surface area (Å²) in [7, 11) is -3.83. The van der Waals surface area contributed by atoms with E-state index in [-0.39, 0.29) is 10.6 Å². The molecule has 2 rings (SSSR count). The van der Waals surface area contributed by atoms with Crippen LogP contribution in [0.4, 0.5) is 15.8 Å². The summed E-state index contributed by atoms with van der Waals surface area (Å²) in [6, 6.07) is 10.1. The van der Waals surface area contributed by atoms with Gasteiger partial charge in [-0.15, -0.1) is 0 Å². The third kappa shape index (κ3) is 3.16. The average Bonchev–Trinajstić information content (AvgIpc) is 2.31. The minimum atomic E-state index is -3.83. The molecular formula is C12H10FIN2O2S. The maximum absolute atomic E-state index is 12.9. The number of rotatable bonds is 3. The Bertz CT molecular complexity index is 719. The Morgan fingerprint density at radius 3 is 2.47 bits per heavy atom. The van der Waals surface area contributed by atoms with Crippen molar-refractivity contribution in [1.82, 2.24) is 0 Å². The van der Waals surface area contributed by atoms with Crippen LogP contribution in [0, 0.1) is 9.39 Å². The predicted octanol–water partition coefficient (Wildman–Crippen LogP) is 2.81. The zero-order valence-corrected chi connectivity index (χ0v) is 12.6. The molecule has 0 saturated heterocycles. The first-order chi connectivity index (χ1) is 8.90. The van der Waals surface area contributed by atoms with E-state index in [0.29, 0.717) is 5.69 Å². The van der Waals surface area contributed by atoms with E-state index in [9.17, 15) is 12.8 Å². The van der Waals surface area contributed by atoms with Crippen LogP contribution in [-0.2, 0) is 10.0 Å². The number of halogens is 2. The van der Waals surface area contributed by atoms with Gasteiger partial charge in [0.05, 0.1) is 11.4 Å². The van der Waals surface area contributed by atoms with Gasteiger partial charge in [-0.3, -0.25) is 4.72 Å². The molecule has 0 aliphatic heterocycles. The van der Waals surface area contributed by atoms with Crippen LogP contribution < -0.4 is 10.5 Å². The van der Waals surface area contributed by atoms with Crippen LogP contribution in [0.1, 0.15) is 0 Å². The van der Waals surface area contributed by atoms with E-state index in [1.54, 1.807) is 24.3 Å². The first-order valence-corrected chi connectivity index (χ1v) is 7.79. The molecular weight excluding hydrogens is 382 g/mol. The summed E-state index contributed by atoms with van der Waals surface area (Å²) in [5, 5.41) is 0. The molecule has 0 radical (unpaired) electrons. The first-order valence-electron chi connectivity index (χ1n) is 5.22. The van der Waals surface area contributed by atoms with Crippen molar-refractivity contribution in [2.24, 2.45) is 0 Å². The number of nitrogens with one attached hydrogen (secondary N) is 1. The van der Waals surface area contributed by atoms with E-state index in [1.807, 2.05) is 22.6 Å². The van der Waals surface area contributed by atoms with Gasteiger partial charge < -0.3 is 5.73 Å². The number of hydrogen-bond acceptors (Lipinski definition) is 3. The maximum Gasteiger partial charge on any atom is 0.263 e. The number of anilines is 2. The summed E-state index contributed by atoms with van der Waals surface area (Å²) < 4.78 is 40.4. The molecule has 0 atom stereocenters. The lowest BCUT2D eigenvalue weighted by atomic mass is 10.3. The van der Waals surface area contributed by atoms with Gasteiger partial charge >= 0.3 is 0 Å². The molecule has 3 N–H and O–H groups in total. The summed E-state index contributed by atoms with van der Waals surface area (Å²) in [5.41, 5.74) is 5.86. The molecule has 0 aromatic heterocycles. The number of para-hydroxylation sites is 1. The lowest BCUT2D eigenvalue weighted by molar-refractivity contribution is 0.600. The highest BCUT2D eigenvalue weighted by Crippen LogP contribution is 2.24. The molecule has 0 amide bonds. The molecule has 0 bridgehead atoms. The van der Waals surface area contributed by atoms with Crippen LogP contribution >= 0.6 is 22.6 Å². The third-order valence-electron chi connectivity index (χ3n) is 2.38. The summed E-state index contributed by atoms with van der Waals surface area (Å²) in [6.45, 7) is 0. The monoisotopic (exact) mass is 392 g/mol. The van der Waals surface area contributed by atoms with Gasteiger partial charge in [0.1, 0.15) is 10.7 Å². The summed E-state index contributed by atoms with van der Waals surface area (Å²) in [4.78, 5) is -0.145. The summed E-state index contributed by atoms with van der Waals surface area (Å²) in [5.74, 6) is -0.578. The van der Waals surface area contributed by atoms with Crippen LogP contribution in [0.3, 0.4) is 0 Å². The smallest absolute Gasteiger partial charge is 0.263 e. The third-order valence-corrected chi connectivity index (χ3v) is 4.76. The van der Waals surface area contributed by atoms with Gasteiger partial charge in [-0.25, -0.2) is 12.8 Å². The van der Waals surface area contributed by atoms with Crippen molar-refractivity contribution in [2.45, 2.75) is 4.90 Å². The molecule has 2 aromatic carbocycles. The molecule has 0 aliphatic carbocycles. The van der Waals surface area contributed by atoms with Crippen LogP contribution in [0.25, 0.3) is 0 Å². The van der Waals surface area contributed by atoms with E-state index in [4.69, 9.17) is 5.73 Å². The second-order valence-electron chi connectivity index (χ2n) is 3.77. The van der Waals surface area contributed by atoms with Gasteiger partial charge in [0.2, 0.25) is 0 Å². The molecule has 0 saturated carbocycles. The zero-order valence-electron chi connectivity index (χ0n) is 9.60. The fourth-order valence-corrected chi connectivity index (χ4v) is 3.41. The molecule has 19 heavy (non-hydrogen) atoms. The molecule has 100 valence electrons. The van der Waals surface area contributed by atoms with Gasteiger partial charge in [0.25, 0.3) is 10.0 Å². The Morgan fingerprint density at radius 2 is 1.84 bits per heavy atom. The minimum Gasteiger partial charge on any atom is -0.398 e. The molecule has 0 spiro atoms. The average molecular weight is 392 g/mol. The van der Waals surface area contributed by atoms with Gasteiger partial charge in [0, 0.05) is 3.57 Å². The van der Waals surface area contributed by atoms with Crippen molar-refractivity contribution in [2.75, 3.05) is 10.5 Å². The van der Waals surface area contributed by atoms with E-state index < -0.39 is 15.8 Å². The number of sulfonamides is 1. The van der Waals surface area contributed by atoms with Crippen LogP contribution in [-0.4, -0.2) is 8.42 Å². The Balaban J connectivity index is 2.41. The van der Waals surface area contributed by atoms with Crippen LogP contribution in [0.2, 0.25) is 0 Å². The number of hydrogen-bond donors (Lipinski definition) is 2. The number of benzene rings is 2. The van der Waals surface area contributed by atoms with Crippen molar-refractivity contribution < 1.29 is 12.8 Å². The quantitative estimate of drug-likeness (QED) is 0.624. The first kappa shape index (κ1) is 14.1. The Hall–Kier alpha value is -1.35. The van der Waals surface area contributed by atoms with Gasteiger partial charge in [0.15, 0.2) is 0 Å². The van der Waals surface area contributed by atoms with Crippen molar-refractivity contribution in [3.05, 3.63) is 51.9 Å².